The number of rotatable bonds is 6. The van der Waals surface area contributed by atoms with Gasteiger partial charge in [0.2, 0.25) is 0 Å². The Morgan fingerprint density at radius 2 is 1.84 bits per heavy atom. The molecule has 1 fully saturated rings. The third kappa shape index (κ3) is 8.70. The zero-order chi connectivity index (χ0) is 27.2. The topological polar surface area (TPSA) is 72.0 Å². The highest BCUT2D eigenvalue weighted by atomic mass is 35.5. The summed E-state index contributed by atoms with van der Waals surface area (Å²) in [6.45, 7) is 6.07. The molecule has 7 nitrogen and oxygen atoms in total. The molecule has 0 unspecified atom stereocenters. The van der Waals surface area contributed by atoms with Gasteiger partial charge in [0.1, 0.15) is 17.4 Å². The summed E-state index contributed by atoms with van der Waals surface area (Å²) >= 11 is 7.32. The molecule has 2 heterocycles. The van der Waals surface area contributed by atoms with Crippen LogP contribution >= 0.6 is 23.4 Å². The molecule has 37 heavy (non-hydrogen) atoms. The van der Waals surface area contributed by atoms with Gasteiger partial charge in [0.15, 0.2) is 0 Å². The summed E-state index contributed by atoms with van der Waals surface area (Å²) in [6, 6.07) is 9.75. The molecule has 1 aliphatic rings. The largest absolute Gasteiger partial charge is 0.445 e. The van der Waals surface area contributed by atoms with Gasteiger partial charge in [-0.15, -0.1) is 0 Å². The summed E-state index contributed by atoms with van der Waals surface area (Å²) < 4.78 is 50.2. The molecule has 12 heteroatoms. The Bertz CT molecular complexity index is 1080. The van der Waals surface area contributed by atoms with Crippen LogP contribution in [0.3, 0.4) is 0 Å². The van der Waals surface area contributed by atoms with E-state index in [1.165, 1.54) is 16.7 Å². The van der Waals surface area contributed by atoms with E-state index in [1.807, 2.05) is 30.3 Å². The average Bonchev–Trinajstić information content (AvgIpc) is 2.82. The van der Waals surface area contributed by atoms with E-state index >= 15 is 0 Å². The highest BCUT2D eigenvalue weighted by molar-refractivity contribution is 7.98. The Labute approximate surface area is 223 Å². The first kappa shape index (κ1) is 28.9. The van der Waals surface area contributed by atoms with Gasteiger partial charge in [-0.1, -0.05) is 41.9 Å². The predicted octanol–water partition coefficient (Wildman–Crippen LogP) is 6.25. The van der Waals surface area contributed by atoms with Gasteiger partial charge in [0.05, 0.1) is 11.6 Å². The van der Waals surface area contributed by atoms with Crippen molar-refractivity contribution in [3.63, 3.8) is 0 Å². The summed E-state index contributed by atoms with van der Waals surface area (Å²) in [5.41, 5.74) is -0.493. The van der Waals surface area contributed by atoms with Gasteiger partial charge in [0, 0.05) is 37.3 Å². The van der Waals surface area contributed by atoms with Gasteiger partial charge in [-0.3, -0.25) is 0 Å². The number of nitrogens with zero attached hydrogens (tertiary/aromatic N) is 3. The van der Waals surface area contributed by atoms with Gasteiger partial charge >= 0.3 is 18.4 Å². The van der Waals surface area contributed by atoms with Crippen LogP contribution in [0.25, 0.3) is 0 Å². The Balaban J connectivity index is 1.69. The molecule has 1 saturated heterocycles. The van der Waals surface area contributed by atoms with Crippen LogP contribution < -0.4 is 0 Å². The number of ether oxygens (including phenoxy) is 2. The van der Waals surface area contributed by atoms with Crippen molar-refractivity contribution in [3.8, 4) is 0 Å². The molecular weight excluding hydrogens is 531 g/mol. The van der Waals surface area contributed by atoms with Crippen molar-refractivity contribution < 1.29 is 32.2 Å². The smallest absolute Gasteiger partial charge is 0.417 e. The lowest BCUT2D eigenvalue weighted by molar-refractivity contribution is -0.137. The van der Waals surface area contributed by atoms with Gasteiger partial charge in [-0.25, -0.2) is 14.6 Å². The Kier molecular flexibility index (Phi) is 9.57. The number of hydrogen-bond donors (Lipinski definition) is 0. The predicted molar refractivity (Wildman–Crippen MR) is 135 cm³/mol. The molecule has 202 valence electrons. The summed E-state index contributed by atoms with van der Waals surface area (Å²) in [5.74, 6) is 0.470. The third-order valence-electron chi connectivity index (χ3n) is 5.38. The molecule has 1 aromatic heterocycles. The highest BCUT2D eigenvalue weighted by Gasteiger charge is 2.35. The Morgan fingerprint density at radius 3 is 2.49 bits per heavy atom. The lowest BCUT2D eigenvalue weighted by Gasteiger charge is -2.40. The Hall–Kier alpha value is -2.66. The Morgan fingerprint density at radius 1 is 1.14 bits per heavy atom. The van der Waals surface area contributed by atoms with E-state index in [2.05, 4.69) is 4.98 Å². The van der Waals surface area contributed by atoms with Gasteiger partial charge in [-0.05, 0) is 38.0 Å². The second kappa shape index (κ2) is 12.3. The number of benzene rings is 1. The van der Waals surface area contributed by atoms with Crippen LogP contribution in [0.15, 0.2) is 42.6 Å². The molecule has 0 bridgehead atoms. The summed E-state index contributed by atoms with van der Waals surface area (Å²) in [7, 11) is 0. The SMILES string of the molecule is CC(C)(C)OC(=O)N1CCN(C(=O)OCc2ccccc2)[C@H](CSCc2cc(C(F)(F)F)cnc2Cl)C1. The molecule has 1 aromatic carbocycles. The number of pyridine rings is 1. The maximum Gasteiger partial charge on any atom is 0.417 e. The van der Waals surface area contributed by atoms with Crippen molar-refractivity contribution in [1.82, 2.24) is 14.8 Å². The molecule has 0 spiro atoms. The molecule has 0 aliphatic carbocycles. The molecule has 2 aromatic rings. The fraction of sp³-hybridized carbons (Fsp3) is 0.480. The van der Waals surface area contributed by atoms with Crippen molar-refractivity contribution in [2.45, 2.75) is 51.0 Å². The van der Waals surface area contributed by atoms with Crippen molar-refractivity contribution in [3.05, 3.63) is 64.4 Å². The van der Waals surface area contributed by atoms with Gasteiger partial charge in [-0.2, -0.15) is 24.9 Å². The lowest BCUT2D eigenvalue weighted by atomic mass is 10.2. The number of amides is 2. The van der Waals surface area contributed by atoms with Crippen molar-refractivity contribution in [1.29, 1.82) is 0 Å². The van der Waals surface area contributed by atoms with Crippen molar-refractivity contribution in [2.75, 3.05) is 25.4 Å². The summed E-state index contributed by atoms with van der Waals surface area (Å²) in [5, 5.41) is -0.0151. The molecule has 0 radical (unpaired) electrons. The van der Waals surface area contributed by atoms with E-state index < -0.39 is 35.6 Å². The number of alkyl halides is 3. The lowest BCUT2D eigenvalue weighted by Crippen LogP contribution is -2.58. The minimum atomic E-state index is -4.53. The van der Waals surface area contributed by atoms with Crippen LogP contribution in [0.1, 0.15) is 37.5 Å². The van der Waals surface area contributed by atoms with Crippen LogP contribution in [0.2, 0.25) is 5.15 Å². The monoisotopic (exact) mass is 559 g/mol. The minimum absolute atomic E-state index is 0.0151. The molecule has 3 rings (SSSR count). The number of halogens is 4. The number of carbonyl (C=O) groups excluding carboxylic acids is 2. The van der Waals surface area contributed by atoms with E-state index in [0.717, 1.165) is 11.6 Å². The molecule has 2 amide bonds. The van der Waals surface area contributed by atoms with Crippen LogP contribution in [0, 0.1) is 0 Å². The van der Waals surface area contributed by atoms with Gasteiger partial charge < -0.3 is 19.3 Å². The molecule has 0 N–H and O–H groups in total. The normalized spacial score (nSPS) is 16.5. The fourth-order valence-corrected chi connectivity index (χ4v) is 4.95. The number of carbonyl (C=O) groups is 2. The zero-order valence-electron chi connectivity index (χ0n) is 20.8. The van der Waals surface area contributed by atoms with Crippen LogP contribution in [-0.2, 0) is 28.0 Å². The van der Waals surface area contributed by atoms with Crippen LogP contribution in [-0.4, -0.2) is 64.0 Å². The summed E-state index contributed by atoms with van der Waals surface area (Å²) in [4.78, 5) is 32.3. The average molecular weight is 560 g/mol. The van der Waals surface area contributed by atoms with Crippen molar-refractivity contribution in [2.24, 2.45) is 0 Å². The first-order valence-electron chi connectivity index (χ1n) is 11.6. The second-order valence-corrected chi connectivity index (χ2v) is 10.9. The maximum absolute atomic E-state index is 13.1. The first-order chi connectivity index (χ1) is 17.3. The number of thioether (sulfide) groups is 1. The zero-order valence-corrected chi connectivity index (χ0v) is 22.3. The van der Waals surface area contributed by atoms with E-state index in [0.29, 0.717) is 11.9 Å². The van der Waals surface area contributed by atoms with E-state index in [1.54, 1.807) is 25.7 Å². The van der Waals surface area contributed by atoms with Crippen LogP contribution in [0.5, 0.6) is 0 Å². The molecular formula is C25H29ClF3N3O4S. The number of piperazine rings is 1. The van der Waals surface area contributed by atoms with E-state index in [-0.39, 0.29) is 42.7 Å². The maximum atomic E-state index is 13.1. The summed E-state index contributed by atoms with van der Waals surface area (Å²) in [6.07, 6.45) is -4.86. The highest BCUT2D eigenvalue weighted by Crippen LogP contribution is 2.32. The molecule has 1 aliphatic heterocycles. The first-order valence-corrected chi connectivity index (χ1v) is 13.1. The fourth-order valence-electron chi connectivity index (χ4n) is 3.59. The van der Waals surface area contributed by atoms with Crippen molar-refractivity contribution >= 4 is 35.5 Å². The molecule has 1 atom stereocenters. The quantitative estimate of drug-likeness (QED) is 0.390. The minimum Gasteiger partial charge on any atom is -0.445 e. The third-order valence-corrected chi connectivity index (χ3v) is 6.86. The number of aromatic nitrogens is 1. The van der Waals surface area contributed by atoms with E-state index in [9.17, 15) is 22.8 Å². The van der Waals surface area contributed by atoms with Crippen LogP contribution in [0.4, 0.5) is 22.8 Å². The van der Waals surface area contributed by atoms with E-state index in [4.69, 9.17) is 21.1 Å². The second-order valence-electron chi connectivity index (χ2n) is 9.50. The molecule has 0 saturated carbocycles. The standard InChI is InChI=1S/C25H29ClF3N3O4S/c1-24(2,3)36-22(33)31-9-10-32(23(34)35-14-17-7-5-4-6-8-17)20(13-31)16-37-15-18-11-19(25(27,28)29)12-30-21(18)26/h4-8,11-12,20H,9-10,13-16H2,1-3H3/t20-/m0/s1. The number of hydrogen-bond acceptors (Lipinski definition) is 6. The van der Waals surface area contributed by atoms with Gasteiger partial charge in [0.25, 0.3) is 0 Å².